The molecule has 0 unspecified atom stereocenters. The van der Waals surface area contributed by atoms with E-state index < -0.39 is 0 Å². The van der Waals surface area contributed by atoms with E-state index in [-0.39, 0.29) is 22.6 Å². The summed E-state index contributed by atoms with van der Waals surface area (Å²) in [5.41, 5.74) is 9.80. The van der Waals surface area contributed by atoms with Gasteiger partial charge in [0, 0.05) is 12.0 Å². The summed E-state index contributed by atoms with van der Waals surface area (Å²) in [5, 5.41) is 0. The predicted molar refractivity (Wildman–Crippen MR) is 63.2 cm³/mol. The number of carbonyl (C=O) groups is 2. The minimum Gasteiger partial charge on any atom is -0.369 e. The van der Waals surface area contributed by atoms with Crippen molar-refractivity contribution in [2.45, 2.75) is 41.0 Å². The van der Waals surface area contributed by atoms with Crippen molar-refractivity contribution >= 4 is 11.8 Å². The molecule has 0 atom stereocenters. The van der Waals surface area contributed by atoms with Crippen molar-refractivity contribution in [2.75, 3.05) is 6.54 Å². The number of hydrazine groups is 1. The van der Waals surface area contributed by atoms with Crippen molar-refractivity contribution in [3.63, 3.8) is 0 Å². The molecule has 1 fully saturated rings. The van der Waals surface area contributed by atoms with Gasteiger partial charge in [-0.05, 0) is 20.3 Å². The summed E-state index contributed by atoms with van der Waals surface area (Å²) in [4.78, 5) is 21.2. The van der Waals surface area contributed by atoms with Gasteiger partial charge in [-0.15, -0.1) is 0 Å². The van der Waals surface area contributed by atoms with Gasteiger partial charge in [0.1, 0.15) is 0 Å². The minimum absolute atomic E-state index is 0.0810. The molecule has 0 saturated carbocycles. The number of nitrogens with two attached hydrogens (primary N) is 1. The number of hydrogen-bond donors (Lipinski definition) is 3. The summed E-state index contributed by atoms with van der Waals surface area (Å²) in [7, 11) is 0. The smallest absolute Gasteiger partial charge is 0.241 e. The summed E-state index contributed by atoms with van der Waals surface area (Å²) < 4.78 is 0. The van der Waals surface area contributed by atoms with Crippen LogP contribution in [0.15, 0.2) is 0 Å². The third-order valence-electron chi connectivity index (χ3n) is 2.90. The van der Waals surface area contributed by atoms with Gasteiger partial charge in [-0.1, -0.05) is 20.8 Å². The van der Waals surface area contributed by atoms with E-state index in [2.05, 4.69) is 10.9 Å². The van der Waals surface area contributed by atoms with Crippen LogP contribution in [0, 0.1) is 10.8 Å². The molecule has 5 heteroatoms. The fraction of sp³-hybridized carbons (Fsp3) is 0.818. The second kappa shape index (κ2) is 5.30. The largest absolute Gasteiger partial charge is 0.369 e. The average molecular weight is 229 g/mol. The zero-order valence-corrected chi connectivity index (χ0v) is 10.8. The Labute approximate surface area is 97.1 Å². The molecule has 0 aromatic carbocycles. The second-order valence-corrected chi connectivity index (χ2v) is 5.29. The monoisotopic (exact) mass is 229 g/mol. The third kappa shape index (κ3) is 4.18. The zero-order valence-electron chi connectivity index (χ0n) is 10.8. The van der Waals surface area contributed by atoms with Crippen LogP contribution in [-0.4, -0.2) is 18.4 Å². The van der Waals surface area contributed by atoms with Crippen LogP contribution in [0.4, 0.5) is 0 Å². The molecule has 1 rings (SSSR count). The summed E-state index contributed by atoms with van der Waals surface area (Å²) in [6.07, 6.45) is 0.808. The number of carbonyl (C=O) groups excluding carboxylic acids is 2. The predicted octanol–water partition coefficient (Wildman–Crippen LogP) is 0.555. The minimum atomic E-state index is -0.319. The number of nitrogens with one attached hydrogen (secondary N) is 2. The van der Waals surface area contributed by atoms with Crippen molar-refractivity contribution in [1.29, 1.82) is 0 Å². The van der Waals surface area contributed by atoms with Crippen LogP contribution in [0.1, 0.15) is 41.0 Å². The highest BCUT2D eigenvalue weighted by Gasteiger charge is 2.32. The molecule has 2 amide bonds. The highest BCUT2D eigenvalue weighted by atomic mass is 16.2. The van der Waals surface area contributed by atoms with Gasteiger partial charge in [0.2, 0.25) is 11.8 Å². The molecular formula is C11H23N3O2. The van der Waals surface area contributed by atoms with E-state index in [1.165, 1.54) is 0 Å². The first-order valence-corrected chi connectivity index (χ1v) is 5.46. The van der Waals surface area contributed by atoms with E-state index in [9.17, 15) is 9.59 Å². The lowest BCUT2D eigenvalue weighted by atomic mass is 9.90. The molecule has 4 N–H and O–H groups in total. The van der Waals surface area contributed by atoms with E-state index >= 15 is 0 Å². The van der Waals surface area contributed by atoms with Crippen LogP contribution < -0.4 is 16.6 Å². The Balaban J connectivity index is 0.000000281. The van der Waals surface area contributed by atoms with Crippen LogP contribution in [0.2, 0.25) is 0 Å². The van der Waals surface area contributed by atoms with Crippen molar-refractivity contribution in [1.82, 2.24) is 10.9 Å². The molecule has 94 valence electrons. The first kappa shape index (κ1) is 14.9. The number of primary amides is 1. The van der Waals surface area contributed by atoms with E-state index in [1.807, 2.05) is 34.6 Å². The molecule has 0 spiro atoms. The molecule has 0 aromatic rings. The highest BCUT2D eigenvalue weighted by molar-refractivity contribution is 5.83. The van der Waals surface area contributed by atoms with Crippen molar-refractivity contribution in [2.24, 2.45) is 16.6 Å². The van der Waals surface area contributed by atoms with Gasteiger partial charge in [0.15, 0.2) is 0 Å². The number of amides is 2. The first-order valence-electron chi connectivity index (χ1n) is 5.46. The summed E-state index contributed by atoms with van der Waals surface area (Å²) in [6, 6.07) is 0. The molecule has 0 aromatic heterocycles. The van der Waals surface area contributed by atoms with E-state index in [0.717, 1.165) is 13.0 Å². The standard InChI is InChI=1S/C6H13NO.C5H10N2O/c1-4-6(2,3)5(7)8;1-5(2)3-6-7-4(5)8/h4H2,1-3H3,(H2,7,8);6H,3H2,1-2H3,(H,7,8). The van der Waals surface area contributed by atoms with Crippen LogP contribution in [0.3, 0.4) is 0 Å². The number of hydrogen-bond acceptors (Lipinski definition) is 3. The molecule has 1 aliphatic heterocycles. The maximum absolute atomic E-state index is 10.7. The Kier molecular flexibility index (Phi) is 4.93. The SMILES string of the molecule is CC1(C)CNNC1=O.CCC(C)(C)C(N)=O. The Hall–Kier alpha value is -1.10. The lowest BCUT2D eigenvalue weighted by molar-refractivity contribution is -0.126. The van der Waals surface area contributed by atoms with Gasteiger partial charge in [-0.25, -0.2) is 5.43 Å². The van der Waals surface area contributed by atoms with Crippen molar-refractivity contribution < 1.29 is 9.59 Å². The molecule has 1 heterocycles. The van der Waals surface area contributed by atoms with Gasteiger partial charge in [-0.2, -0.15) is 0 Å². The Morgan fingerprint density at radius 2 is 2.00 bits per heavy atom. The first-order chi connectivity index (χ1) is 7.13. The summed E-state index contributed by atoms with van der Waals surface area (Å²) in [6.45, 7) is 10.2. The third-order valence-corrected chi connectivity index (χ3v) is 2.90. The Bertz CT molecular complexity index is 270. The Morgan fingerprint density at radius 3 is 2.06 bits per heavy atom. The fourth-order valence-corrected chi connectivity index (χ4v) is 0.769. The molecule has 5 nitrogen and oxygen atoms in total. The van der Waals surface area contributed by atoms with Crippen LogP contribution in [0.25, 0.3) is 0 Å². The van der Waals surface area contributed by atoms with Crippen molar-refractivity contribution in [3.8, 4) is 0 Å². The lowest BCUT2D eigenvalue weighted by Gasteiger charge is -2.16. The molecule has 0 bridgehead atoms. The average Bonchev–Trinajstić information content (AvgIpc) is 2.46. The summed E-state index contributed by atoms with van der Waals surface area (Å²) in [5.74, 6) is -0.141. The van der Waals surface area contributed by atoms with Gasteiger partial charge in [-0.3, -0.25) is 15.0 Å². The normalized spacial score (nSPS) is 18.4. The van der Waals surface area contributed by atoms with Crippen LogP contribution in [0.5, 0.6) is 0 Å². The quantitative estimate of drug-likeness (QED) is 0.646. The van der Waals surface area contributed by atoms with E-state index in [1.54, 1.807) is 0 Å². The van der Waals surface area contributed by atoms with Gasteiger partial charge in [0.25, 0.3) is 0 Å². The van der Waals surface area contributed by atoms with Crippen LogP contribution in [-0.2, 0) is 9.59 Å². The lowest BCUT2D eigenvalue weighted by Crippen LogP contribution is -2.30. The topological polar surface area (TPSA) is 84.2 Å². The second-order valence-electron chi connectivity index (χ2n) is 5.29. The molecule has 0 radical (unpaired) electrons. The zero-order chi connectivity index (χ0) is 13.0. The molecule has 1 saturated heterocycles. The van der Waals surface area contributed by atoms with E-state index in [0.29, 0.717) is 0 Å². The van der Waals surface area contributed by atoms with Gasteiger partial charge >= 0.3 is 0 Å². The van der Waals surface area contributed by atoms with Gasteiger partial charge < -0.3 is 5.73 Å². The fourth-order valence-electron chi connectivity index (χ4n) is 0.769. The molecule has 0 aliphatic carbocycles. The van der Waals surface area contributed by atoms with E-state index in [4.69, 9.17) is 5.73 Å². The Morgan fingerprint density at radius 1 is 1.50 bits per heavy atom. The maximum Gasteiger partial charge on any atom is 0.241 e. The summed E-state index contributed by atoms with van der Waals surface area (Å²) >= 11 is 0. The molecule has 16 heavy (non-hydrogen) atoms. The molecule has 1 aliphatic rings. The van der Waals surface area contributed by atoms with Crippen LogP contribution >= 0.6 is 0 Å². The maximum atomic E-state index is 10.7. The van der Waals surface area contributed by atoms with Gasteiger partial charge in [0.05, 0.1) is 5.41 Å². The van der Waals surface area contributed by atoms with Crippen molar-refractivity contribution in [3.05, 3.63) is 0 Å². The number of rotatable bonds is 2. The molecular weight excluding hydrogens is 206 g/mol. The highest BCUT2D eigenvalue weighted by Crippen LogP contribution is 2.17.